The molecule has 1 heterocycles. The van der Waals surface area contributed by atoms with Crippen molar-refractivity contribution in [2.24, 2.45) is 5.41 Å². The molecule has 0 aliphatic rings. The second kappa shape index (κ2) is 5.12. The highest BCUT2D eigenvalue weighted by atomic mass is 16.5. The van der Waals surface area contributed by atoms with Crippen LogP contribution in [0.1, 0.15) is 32.8 Å². The number of nitrogens with zero attached hydrogens (tertiary/aromatic N) is 1. The third-order valence-electron chi connectivity index (χ3n) is 2.08. The summed E-state index contributed by atoms with van der Waals surface area (Å²) in [6, 6.07) is 3.60. The van der Waals surface area contributed by atoms with E-state index in [1.165, 1.54) is 0 Å². The summed E-state index contributed by atoms with van der Waals surface area (Å²) in [6.07, 6.45) is 2.63. The van der Waals surface area contributed by atoms with Crippen LogP contribution in [0.25, 0.3) is 0 Å². The van der Waals surface area contributed by atoms with Gasteiger partial charge in [0, 0.05) is 12.3 Å². The van der Waals surface area contributed by atoms with Gasteiger partial charge in [-0.3, -0.25) is 0 Å². The molecule has 1 rings (SSSR count). The predicted molar refractivity (Wildman–Crippen MR) is 59.7 cm³/mol. The minimum absolute atomic E-state index is 0.0231. The summed E-state index contributed by atoms with van der Waals surface area (Å²) in [5, 5.41) is 8.83. The predicted octanol–water partition coefficient (Wildman–Crippen LogP) is 2.39. The van der Waals surface area contributed by atoms with Gasteiger partial charge in [-0.2, -0.15) is 0 Å². The average molecular weight is 209 g/mol. The molecule has 0 spiro atoms. The van der Waals surface area contributed by atoms with Crippen molar-refractivity contribution in [2.75, 3.05) is 6.61 Å². The minimum atomic E-state index is 0.0231. The maximum atomic E-state index is 8.83. The molecule has 0 amide bonds. The van der Waals surface area contributed by atoms with Gasteiger partial charge >= 0.3 is 0 Å². The zero-order chi connectivity index (χ0) is 11.3. The SMILES string of the molecule is CC(C)(C)CCOc1ccc(CO)cn1. The second-order valence-electron chi connectivity index (χ2n) is 4.82. The van der Waals surface area contributed by atoms with Crippen molar-refractivity contribution >= 4 is 0 Å². The Morgan fingerprint density at radius 3 is 2.53 bits per heavy atom. The standard InChI is InChI=1S/C12H19NO2/c1-12(2,3)6-7-15-11-5-4-10(9-14)8-13-11/h4-5,8,14H,6-7,9H2,1-3H3. The summed E-state index contributed by atoms with van der Waals surface area (Å²) in [5.74, 6) is 0.622. The Morgan fingerprint density at radius 1 is 1.33 bits per heavy atom. The van der Waals surface area contributed by atoms with Gasteiger partial charge in [0.05, 0.1) is 13.2 Å². The third kappa shape index (κ3) is 4.79. The maximum Gasteiger partial charge on any atom is 0.213 e. The van der Waals surface area contributed by atoms with Crippen LogP contribution in [-0.4, -0.2) is 16.7 Å². The van der Waals surface area contributed by atoms with E-state index in [0.29, 0.717) is 12.5 Å². The van der Waals surface area contributed by atoms with Crippen LogP contribution in [-0.2, 0) is 6.61 Å². The van der Waals surface area contributed by atoms with Crippen molar-refractivity contribution in [2.45, 2.75) is 33.8 Å². The quantitative estimate of drug-likeness (QED) is 0.828. The Labute approximate surface area is 91.1 Å². The van der Waals surface area contributed by atoms with Crippen LogP contribution in [0.2, 0.25) is 0 Å². The van der Waals surface area contributed by atoms with Crippen molar-refractivity contribution in [1.82, 2.24) is 4.98 Å². The molecular weight excluding hydrogens is 190 g/mol. The molecule has 0 atom stereocenters. The molecule has 3 nitrogen and oxygen atoms in total. The van der Waals surface area contributed by atoms with E-state index in [1.54, 1.807) is 12.3 Å². The molecule has 84 valence electrons. The molecule has 1 aromatic rings. The molecule has 1 aromatic heterocycles. The molecule has 0 aliphatic carbocycles. The molecule has 0 saturated carbocycles. The zero-order valence-electron chi connectivity index (χ0n) is 9.66. The molecule has 0 fully saturated rings. The molecule has 0 aliphatic heterocycles. The average Bonchev–Trinajstić information content (AvgIpc) is 2.17. The monoisotopic (exact) mass is 209 g/mol. The lowest BCUT2D eigenvalue weighted by atomic mass is 9.93. The number of aromatic nitrogens is 1. The van der Waals surface area contributed by atoms with E-state index in [0.717, 1.165) is 12.0 Å². The van der Waals surface area contributed by atoms with Crippen LogP contribution < -0.4 is 4.74 Å². The van der Waals surface area contributed by atoms with Crippen molar-refractivity contribution in [1.29, 1.82) is 0 Å². The Hall–Kier alpha value is -1.09. The maximum absolute atomic E-state index is 8.83. The molecule has 0 aromatic carbocycles. The summed E-state index contributed by atoms with van der Waals surface area (Å²) in [6.45, 7) is 7.24. The molecule has 0 bridgehead atoms. The Balaban J connectivity index is 2.38. The van der Waals surface area contributed by atoms with Gasteiger partial charge in [-0.1, -0.05) is 20.8 Å². The highest BCUT2D eigenvalue weighted by Gasteiger charge is 2.09. The summed E-state index contributed by atoms with van der Waals surface area (Å²) in [5.41, 5.74) is 1.09. The van der Waals surface area contributed by atoms with Crippen molar-refractivity contribution < 1.29 is 9.84 Å². The number of hydrogen-bond donors (Lipinski definition) is 1. The van der Waals surface area contributed by atoms with E-state index in [-0.39, 0.29) is 12.0 Å². The lowest BCUT2D eigenvalue weighted by Gasteiger charge is -2.17. The minimum Gasteiger partial charge on any atom is -0.478 e. The highest BCUT2D eigenvalue weighted by molar-refractivity contribution is 5.16. The lowest BCUT2D eigenvalue weighted by Crippen LogP contribution is -2.11. The fourth-order valence-corrected chi connectivity index (χ4v) is 1.05. The number of hydrogen-bond acceptors (Lipinski definition) is 3. The van der Waals surface area contributed by atoms with Gasteiger partial charge in [0.2, 0.25) is 5.88 Å². The molecule has 0 unspecified atom stereocenters. The van der Waals surface area contributed by atoms with Gasteiger partial charge in [0.25, 0.3) is 0 Å². The Bertz CT molecular complexity index is 287. The molecule has 1 N–H and O–H groups in total. The van der Waals surface area contributed by atoms with Crippen molar-refractivity contribution in [3.8, 4) is 5.88 Å². The van der Waals surface area contributed by atoms with E-state index < -0.39 is 0 Å². The summed E-state index contributed by atoms with van der Waals surface area (Å²) >= 11 is 0. The first kappa shape index (κ1) is 12.0. The van der Waals surface area contributed by atoms with Crippen molar-refractivity contribution in [3.05, 3.63) is 23.9 Å². The summed E-state index contributed by atoms with van der Waals surface area (Å²) in [7, 11) is 0. The van der Waals surface area contributed by atoms with E-state index in [1.807, 2.05) is 6.07 Å². The van der Waals surface area contributed by atoms with E-state index in [2.05, 4.69) is 25.8 Å². The number of pyridine rings is 1. The van der Waals surface area contributed by atoms with Crippen LogP contribution >= 0.6 is 0 Å². The van der Waals surface area contributed by atoms with Crippen molar-refractivity contribution in [3.63, 3.8) is 0 Å². The van der Waals surface area contributed by atoms with Gasteiger partial charge in [0.1, 0.15) is 0 Å². The molecule has 0 saturated heterocycles. The van der Waals surface area contributed by atoms with Crippen LogP contribution in [0.5, 0.6) is 5.88 Å². The Morgan fingerprint density at radius 2 is 2.07 bits per heavy atom. The fourth-order valence-electron chi connectivity index (χ4n) is 1.05. The molecule has 3 heteroatoms. The summed E-state index contributed by atoms with van der Waals surface area (Å²) < 4.78 is 5.49. The normalized spacial score (nSPS) is 11.5. The van der Waals surface area contributed by atoms with Gasteiger partial charge in [-0.05, 0) is 23.5 Å². The first-order valence-corrected chi connectivity index (χ1v) is 5.20. The number of ether oxygens (including phenoxy) is 1. The van der Waals surface area contributed by atoms with E-state index in [9.17, 15) is 0 Å². The number of rotatable bonds is 4. The van der Waals surface area contributed by atoms with E-state index in [4.69, 9.17) is 9.84 Å². The third-order valence-corrected chi connectivity index (χ3v) is 2.08. The van der Waals surface area contributed by atoms with Gasteiger partial charge in [0.15, 0.2) is 0 Å². The number of aliphatic hydroxyl groups excluding tert-OH is 1. The van der Waals surface area contributed by atoms with Crippen LogP contribution in [0.15, 0.2) is 18.3 Å². The van der Waals surface area contributed by atoms with Gasteiger partial charge in [-0.25, -0.2) is 4.98 Å². The topological polar surface area (TPSA) is 42.4 Å². The van der Waals surface area contributed by atoms with Crippen LogP contribution in [0.3, 0.4) is 0 Å². The first-order valence-electron chi connectivity index (χ1n) is 5.20. The molecule has 0 radical (unpaired) electrons. The largest absolute Gasteiger partial charge is 0.478 e. The molecule has 15 heavy (non-hydrogen) atoms. The van der Waals surface area contributed by atoms with E-state index >= 15 is 0 Å². The smallest absolute Gasteiger partial charge is 0.213 e. The Kier molecular flexibility index (Phi) is 4.09. The lowest BCUT2D eigenvalue weighted by molar-refractivity contribution is 0.235. The zero-order valence-corrected chi connectivity index (χ0v) is 9.66. The second-order valence-corrected chi connectivity index (χ2v) is 4.82. The fraction of sp³-hybridized carbons (Fsp3) is 0.583. The van der Waals surface area contributed by atoms with Crippen LogP contribution in [0.4, 0.5) is 0 Å². The van der Waals surface area contributed by atoms with Gasteiger partial charge < -0.3 is 9.84 Å². The summed E-state index contributed by atoms with van der Waals surface area (Å²) in [4.78, 5) is 4.09. The first-order chi connectivity index (χ1) is 7.01. The highest BCUT2D eigenvalue weighted by Crippen LogP contribution is 2.18. The van der Waals surface area contributed by atoms with Crippen LogP contribution in [0, 0.1) is 5.41 Å². The molecular formula is C12H19NO2. The van der Waals surface area contributed by atoms with Gasteiger partial charge in [-0.15, -0.1) is 0 Å². The number of aliphatic hydroxyl groups is 1.